The summed E-state index contributed by atoms with van der Waals surface area (Å²) in [7, 11) is -2.80. The molecule has 3 heterocycles. The number of fused-ring (bicyclic) bond motifs is 1. The Morgan fingerprint density at radius 3 is 2.23 bits per heavy atom. The Morgan fingerprint density at radius 2 is 1.65 bits per heavy atom. The molecule has 1 aliphatic rings. The molecule has 0 aliphatic carbocycles. The number of rotatable bonds is 8. The van der Waals surface area contributed by atoms with Crippen molar-refractivity contribution in [2.24, 2.45) is 5.92 Å². The third-order valence-corrected chi connectivity index (χ3v) is 12.5. The Bertz CT molecular complexity index is 1440. The number of nitrogens with two attached hydrogens (primary N) is 2. The van der Waals surface area contributed by atoms with Crippen LogP contribution in [0.4, 0.5) is 11.8 Å². The Labute approximate surface area is 234 Å². The molecule has 4 aromatic rings. The number of carbonyl (C=O) groups excluding carboxylic acids is 1. The predicted octanol–water partition coefficient (Wildman–Crippen LogP) is 3.03. The third-order valence-electron chi connectivity index (χ3n) is 7.52. The van der Waals surface area contributed by atoms with Gasteiger partial charge < -0.3 is 25.4 Å². The van der Waals surface area contributed by atoms with Crippen molar-refractivity contribution >= 4 is 47.6 Å². The monoisotopic (exact) mass is 560 g/mol. The van der Waals surface area contributed by atoms with Crippen LogP contribution in [0, 0.1) is 5.92 Å². The molecule has 1 fully saturated rings. The summed E-state index contributed by atoms with van der Waals surface area (Å²) in [5.41, 5.74) is 12.9. The fourth-order valence-electron chi connectivity index (χ4n) is 5.67. The first-order chi connectivity index (χ1) is 19.1. The fraction of sp³-hybridized carbons (Fsp3) is 0.379. The van der Waals surface area contributed by atoms with E-state index >= 15 is 0 Å². The largest absolute Gasteiger partial charge is 0.465 e. The van der Waals surface area contributed by atoms with Crippen LogP contribution in [0.2, 0.25) is 5.04 Å². The summed E-state index contributed by atoms with van der Waals surface area (Å²) < 4.78 is 21.0. The molecule has 1 saturated heterocycles. The molecule has 11 heteroatoms. The molecule has 0 spiro atoms. The van der Waals surface area contributed by atoms with Crippen LogP contribution in [0.25, 0.3) is 11.2 Å². The highest BCUT2D eigenvalue weighted by atomic mass is 28.4. The van der Waals surface area contributed by atoms with Gasteiger partial charge in [0.25, 0.3) is 8.32 Å². The lowest BCUT2D eigenvalue weighted by atomic mass is 10.0. The molecule has 0 radical (unpaired) electrons. The molecule has 2 aromatic heterocycles. The molecule has 0 bridgehead atoms. The highest BCUT2D eigenvalue weighted by molar-refractivity contribution is 6.99. The number of esters is 1. The molecule has 2 aromatic carbocycles. The second-order valence-corrected chi connectivity index (χ2v) is 15.5. The first kappa shape index (κ1) is 27.8. The zero-order valence-electron chi connectivity index (χ0n) is 23.3. The summed E-state index contributed by atoms with van der Waals surface area (Å²) in [5.74, 6) is -0.173. The van der Waals surface area contributed by atoms with Crippen LogP contribution in [0.15, 0.2) is 67.0 Å². The summed E-state index contributed by atoms with van der Waals surface area (Å²) >= 11 is 0. The number of benzene rings is 2. The minimum absolute atomic E-state index is 0.0628. The number of ether oxygens (including phenoxy) is 2. The zero-order chi connectivity index (χ0) is 28.5. The van der Waals surface area contributed by atoms with Gasteiger partial charge in [-0.15, -0.1) is 0 Å². The van der Waals surface area contributed by atoms with Crippen LogP contribution in [0.3, 0.4) is 0 Å². The molecule has 3 atom stereocenters. The quantitative estimate of drug-likeness (QED) is 0.246. The number of anilines is 2. The standard InChI is InChI=1S/C29H36N6O4Si/c1-19(36)37-16-20-15-24(35-18-32-25-26(30)33-28(31)34-27(25)35)39-23(20)17-38-40(29(2,3)4,21-11-7-5-8-12-21)22-13-9-6-10-14-22/h5-14,18,20,23-24H,15-17H2,1-4H3,(H4,30,31,33,34)/t20-,23-,24-/m1/s1. The van der Waals surface area contributed by atoms with Crippen molar-refractivity contribution in [1.29, 1.82) is 0 Å². The molecule has 0 saturated carbocycles. The third kappa shape index (κ3) is 5.19. The second-order valence-electron chi connectivity index (χ2n) is 11.2. The summed E-state index contributed by atoms with van der Waals surface area (Å²) in [6.07, 6.45) is 1.43. The number of nitrogen functional groups attached to an aromatic ring is 2. The van der Waals surface area contributed by atoms with Crippen molar-refractivity contribution in [2.75, 3.05) is 24.7 Å². The molecule has 4 N–H and O–H groups in total. The van der Waals surface area contributed by atoms with Crippen molar-refractivity contribution in [3.63, 3.8) is 0 Å². The first-order valence-corrected chi connectivity index (χ1v) is 15.3. The van der Waals surface area contributed by atoms with Crippen LogP contribution in [0.5, 0.6) is 0 Å². The molecule has 5 rings (SSSR count). The topological polar surface area (TPSA) is 140 Å². The van der Waals surface area contributed by atoms with Gasteiger partial charge in [-0.3, -0.25) is 9.36 Å². The zero-order valence-corrected chi connectivity index (χ0v) is 24.3. The van der Waals surface area contributed by atoms with Gasteiger partial charge >= 0.3 is 5.97 Å². The normalized spacial score (nSPS) is 19.6. The maximum atomic E-state index is 11.7. The van der Waals surface area contributed by atoms with Crippen LogP contribution in [0.1, 0.15) is 40.3 Å². The van der Waals surface area contributed by atoms with Gasteiger partial charge in [-0.2, -0.15) is 9.97 Å². The lowest BCUT2D eigenvalue weighted by Crippen LogP contribution is -2.67. The van der Waals surface area contributed by atoms with Crippen molar-refractivity contribution in [3.05, 3.63) is 67.0 Å². The van der Waals surface area contributed by atoms with Gasteiger partial charge in [0.05, 0.1) is 25.6 Å². The van der Waals surface area contributed by atoms with E-state index in [-0.39, 0.29) is 41.4 Å². The number of aromatic nitrogens is 4. The van der Waals surface area contributed by atoms with Crippen molar-refractivity contribution in [3.8, 4) is 0 Å². The summed E-state index contributed by atoms with van der Waals surface area (Å²) in [5, 5.41) is 2.18. The molecular weight excluding hydrogens is 524 g/mol. The average molecular weight is 561 g/mol. The average Bonchev–Trinajstić information content (AvgIpc) is 3.52. The van der Waals surface area contributed by atoms with Gasteiger partial charge in [-0.1, -0.05) is 81.4 Å². The van der Waals surface area contributed by atoms with Crippen LogP contribution in [-0.2, 0) is 18.7 Å². The summed E-state index contributed by atoms with van der Waals surface area (Å²) in [6.45, 7) is 8.65. The highest BCUT2D eigenvalue weighted by Crippen LogP contribution is 2.40. The van der Waals surface area contributed by atoms with Crippen LogP contribution in [-0.4, -0.2) is 53.1 Å². The van der Waals surface area contributed by atoms with Gasteiger partial charge in [-0.05, 0) is 15.4 Å². The maximum absolute atomic E-state index is 11.7. The molecule has 0 unspecified atom stereocenters. The maximum Gasteiger partial charge on any atom is 0.302 e. The smallest absolute Gasteiger partial charge is 0.302 e. The fourth-order valence-corrected chi connectivity index (χ4v) is 10.2. The summed E-state index contributed by atoms with van der Waals surface area (Å²) in [4.78, 5) is 24.5. The molecule has 40 heavy (non-hydrogen) atoms. The Balaban J connectivity index is 1.50. The van der Waals surface area contributed by atoms with Crippen LogP contribution >= 0.6 is 0 Å². The van der Waals surface area contributed by atoms with Gasteiger partial charge in [0, 0.05) is 19.3 Å². The van der Waals surface area contributed by atoms with E-state index in [9.17, 15) is 4.79 Å². The van der Waals surface area contributed by atoms with E-state index in [0.29, 0.717) is 24.2 Å². The van der Waals surface area contributed by atoms with Crippen molar-refractivity contribution in [1.82, 2.24) is 19.5 Å². The lowest BCUT2D eigenvalue weighted by molar-refractivity contribution is -0.143. The Kier molecular flexibility index (Phi) is 7.63. The Hall–Kier alpha value is -3.80. The number of hydrogen-bond acceptors (Lipinski definition) is 9. The summed E-state index contributed by atoms with van der Waals surface area (Å²) in [6, 6.07) is 20.9. The van der Waals surface area contributed by atoms with E-state index in [1.807, 2.05) is 16.7 Å². The van der Waals surface area contributed by atoms with E-state index in [1.165, 1.54) is 17.3 Å². The van der Waals surface area contributed by atoms with Gasteiger partial charge in [0.1, 0.15) is 11.7 Å². The Morgan fingerprint density at radius 1 is 1.02 bits per heavy atom. The molecule has 1 aliphatic heterocycles. The van der Waals surface area contributed by atoms with E-state index in [0.717, 1.165) is 0 Å². The molecular formula is C29H36N6O4Si. The van der Waals surface area contributed by atoms with Crippen molar-refractivity contribution < 1.29 is 18.7 Å². The number of imidazole rings is 1. The number of hydrogen-bond donors (Lipinski definition) is 2. The van der Waals surface area contributed by atoms with E-state index < -0.39 is 14.5 Å². The van der Waals surface area contributed by atoms with Crippen molar-refractivity contribution in [2.45, 2.75) is 51.5 Å². The lowest BCUT2D eigenvalue weighted by Gasteiger charge is -2.43. The van der Waals surface area contributed by atoms with Crippen LogP contribution < -0.4 is 21.8 Å². The first-order valence-electron chi connectivity index (χ1n) is 13.4. The van der Waals surface area contributed by atoms with Gasteiger partial charge in [0.15, 0.2) is 11.5 Å². The minimum Gasteiger partial charge on any atom is -0.465 e. The van der Waals surface area contributed by atoms with E-state index in [4.69, 9.17) is 25.4 Å². The predicted molar refractivity (Wildman–Crippen MR) is 156 cm³/mol. The molecule has 0 amide bonds. The van der Waals surface area contributed by atoms with E-state index in [1.54, 1.807) is 6.33 Å². The molecule has 10 nitrogen and oxygen atoms in total. The van der Waals surface area contributed by atoms with Gasteiger partial charge in [-0.25, -0.2) is 4.98 Å². The van der Waals surface area contributed by atoms with E-state index in [2.05, 4.69) is 84.3 Å². The SMILES string of the molecule is CC(=O)OC[C@H]1C[C@H](n2cnc3c(N)nc(N)nc32)O[C@@H]1CO[Si](c1ccccc1)(c1ccccc1)C(C)(C)C. The second kappa shape index (κ2) is 11.0. The molecule has 210 valence electrons. The number of carbonyl (C=O) groups is 1. The van der Waals surface area contributed by atoms with Gasteiger partial charge in [0.2, 0.25) is 5.95 Å². The minimum atomic E-state index is -2.80. The highest BCUT2D eigenvalue weighted by Gasteiger charge is 2.51. The number of nitrogens with zero attached hydrogens (tertiary/aromatic N) is 4.